The van der Waals surface area contributed by atoms with E-state index in [1.165, 1.54) is 6.92 Å². The fourth-order valence-electron chi connectivity index (χ4n) is 2.11. The first-order chi connectivity index (χ1) is 11.2. The summed E-state index contributed by atoms with van der Waals surface area (Å²) >= 11 is 0. The average Bonchev–Trinajstić information content (AvgIpc) is 2.35. The summed E-state index contributed by atoms with van der Waals surface area (Å²) in [4.78, 5) is 36.5. The molecule has 0 aliphatic rings. The van der Waals surface area contributed by atoms with Crippen molar-refractivity contribution < 1.29 is 28.2 Å². The number of esters is 2. The van der Waals surface area contributed by atoms with E-state index in [1.54, 1.807) is 41.5 Å². The third kappa shape index (κ3) is 6.64. The molecular formula is C19H25FO5. The van der Waals surface area contributed by atoms with E-state index in [4.69, 9.17) is 9.47 Å². The first-order valence-corrected chi connectivity index (χ1v) is 7.98. The van der Waals surface area contributed by atoms with Gasteiger partial charge in [-0.25, -0.2) is 14.0 Å². The number of hydrogen-bond donors (Lipinski definition) is 0. The van der Waals surface area contributed by atoms with Crippen LogP contribution in [0.4, 0.5) is 4.39 Å². The number of hydrogen-bond acceptors (Lipinski definition) is 5. The highest BCUT2D eigenvalue weighted by molar-refractivity contribution is 6.00. The molecule has 5 nitrogen and oxygen atoms in total. The maximum Gasteiger partial charge on any atom is 0.339 e. The standard InChI is InChI=1S/C19H25FO5/c1-11(21)8-13-14(16(22)24-18(2,3)4)9-12(20)10-15(13)17(23)25-19(5,6)7/h9-10H,8H2,1-7H3. The second kappa shape index (κ2) is 7.33. The Morgan fingerprint density at radius 3 is 1.52 bits per heavy atom. The Hall–Kier alpha value is -2.24. The molecule has 0 saturated carbocycles. The van der Waals surface area contributed by atoms with Gasteiger partial charge in [-0.15, -0.1) is 0 Å². The van der Waals surface area contributed by atoms with Gasteiger partial charge < -0.3 is 9.47 Å². The quantitative estimate of drug-likeness (QED) is 0.770. The molecule has 1 rings (SSSR count). The predicted molar refractivity (Wildman–Crippen MR) is 91.1 cm³/mol. The lowest BCUT2D eigenvalue weighted by Crippen LogP contribution is -2.27. The van der Waals surface area contributed by atoms with E-state index in [9.17, 15) is 18.8 Å². The molecule has 0 spiro atoms. The Morgan fingerprint density at radius 1 is 0.880 bits per heavy atom. The summed E-state index contributed by atoms with van der Waals surface area (Å²) < 4.78 is 24.6. The Labute approximate surface area is 147 Å². The van der Waals surface area contributed by atoms with Gasteiger partial charge in [-0.2, -0.15) is 0 Å². The first-order valence-electron chi connectivity index (χ1n) is 7.98. The fourth-order valence-corrected chi connectivity index (χ4v) is 2.11. The highest BCUT2D eigenvalue weighted by Crippen LogP contribution is 2.24. The van der Waals surface area contributed by atoms with Crippen LogP contribution in [0.25, 0.3) is 0 Å². The van der Waals surface area contributed by atoms with Crippen LogP contribution in [-0.2, 0) is 20.7 Å². The third-order valence-electron chi connectivity index (χ3n) is 2.88. The molecular weight excluding hydrogens is 327 g/mol. The Kier molecular flexibility index (Phi) is 6.10. The highest BCUT2D eigenvalue weighted by Gasteiger charge is 2.28. The normalized spacial score (nSPS) is 11.8. The molecule has 0 fully saturated rings. The number of carbonyl (C=O) groups is 3. The molecule has 138 valence electrons. The number of ether oxygens (including phenoxy) is 2. The number of Topliss-reactive ketones (excluding diaryl/α,β-unsaturated/α-hetero) is 1. The molecule has 0 aliphatic carbocycles. The van der Waals surface area contributed by atoms with Crippen LogP contribution in [0.2, 0.25) is 0 Å². The molecule has 0 aromatic heterocycles. The van der Waals surface area contributed by atoms with Crippen molar-refractivity contribution >= 4 is 17.7 Å². The molecule has 0 amide bonds. The lowest BCUT2D eigenvalue weighted by Gasteiger charge is -2.23. The van der Waals surface area contributed by atoms with Gasteiger partial charge in [0.25, 0.3) is 0 Å². The van der Waals surface area contributed by atoms with Gasteiger partial charge in [0.2, 0.25) is 0 Å². The van der Waals surface area contributed by atoms with Gasteiger partial charge in [0, 0.05) is 6.42 Å². The summed E-state index contributed by atoms with van der Waals surface area (Å²) in [5, 5.41) is 0. The fraction of sp³-hybridized carbons (Fsp3) is 0.526. The molecule has 1 aromatic carbocycles. The molecule has 25 heavy (non-hydrogen) atoms. The Balaban J connectivity index is 3.49. The van der Waals surface area contributed by atoms with E-state index in [0.29, 0.717) is 0 Å². The van der Waals surface area contributed by atoms with Crippen LogP contribution >= 0.6 is 0 Å². The molecule has 0 N–H and O–H groups in total. The molecule has 1 aromatic rings. The van der Waals surface area contributed by atoms with E-state index in [2.05, 4.69) is 0 Å². The van der Waals surface area contributed by atoms with Crippen LogP contribution in [0, 0.1) is 5.82 Å². The molecule has 0 aliphatic heterocycles. The Morgan fingerprint density at radius 2 is 1.24 bits per heavy atom. The van der Waals surface area contributed by atoms with Crippen molar-refractivity contribution in [2.45, 2.75) is 66.1 Å². The summed E-state index contributed by atoms with van der Waals surface area (Å²) in [7, 11) is 0. The average molecular weight is 352 g/mol. The van der Waals surface area contributed by atoms with Gasteiger partial charge in [0.05, 0.1) is 11.1 Å². The monoisotopic (exact) mass is 352 g/mol. The van der Waals surface area contributed by atoms with E-state index in [-0.39, 0.29) is 28.9 Å². The van der Waals surface area contributed by atoms with Crippen molar-refractivity contribution in [2.24, 2.45) is 0 Å². The van der Waals surface area contributed by atoms with E-state index in [1.807, 2.05) is 0 Å². The number of carbonyl (C=O) groups excluding carboxylic acids is 3. The number of ketones is 1. The first kappa shape index (κ1) is 20.8. The maximum absolute atomic E-state index is 14.0. The highest BCUT2D eigenvalue weighted by atomic mass is 19.1. The minimum absolute atomic E-state index is 0.109. The lowest BCUT2D eigenvalue weighted by atomic mass is 9.96. The molecule has 6 heteroatoms. The van der Waals surface area contributed by atoms with Gasteiger partial charge in [-0.1, -0.05) is 0 Å². The van der Waals surface area contributed by atoms with Gasteiger partial charge >= 0.3 is 11.9 Å². The molecule has 0 radical (unpaired) electrons. The van der Waals surface area contributed by atoms with Crippen LogP contribution in [0.3, 0.4) is 0 Å². The largest absolute Gasteiger partial charge is 0.456 e. The van der Waals surface area contributed by atoms with Gasteiger partial charge in [-0.3, -0.25) is 4.79 Å². The minimum atomic E-state index is -0.803. The summed E-state index contributed by atoms with van der Waals surface area (Å²) in [6.07, 6.45) is -0.205. The summed E-state index contributed by atoms with van der Waals surface area (Å²) in [5.74, 6) is -2.66. The van der Waals surface area contributed by atoms with Crippen molar-refractivity contribution in [3.63, 3.8) is 0 Å². The van der Waals surface area contributed by atoms with E-state index >= 15 is 0 Å². The third-order valence-corrected chi connectivity index (χ3v) is 2.88. The zero-order valence-electron chi connectivity index (χ0n) is 15.8. The predicted octanol–water partition coefficient (Wildman–Crippen LogP) is 3.87. The maximum atomic E-state index is 14.0. The lowest BCUT2D eigenvalue weighted by molar-refractivity contribution is -0.116. The molecule has 0 unspecified atom stereocenters. The van der Waals surface area contributed by atoms with Crippen molar-refractivity contribution in [1.29, 1.82) is 0 Å². The molecule has 0 heterocycles. The number of rotatable bonds is 4. The van der Waals surface area contributed by atoms with Crippen LogP contribution in [-0.4, -0.2) is 28.9 Å². The molecule has 0 bridgehead atoms. The molecule has 0 atom stereocenters. The van der Waals surface area contributed by atoms with E-state index < -0.39 is 29.0 Å². The van der Waals surface area contributed by atoms with Crippen LogP contribution < -0.4 is 0 Å². The van der Waals surface area contributed by atoms with Crippen molar-refractivity contribution in [3.8, 4) is 0 Å². The summed E-state index contributed by atoms with van der Waals surface area (Å²) in [6, 6.07) is 1.94. The van der Waals surface area contributed by atoms with E-state index in [0.717, 1.165) is 12.1 Å². The van der Waals surface area contributed by atoms with Gasteiger partial charge in [0.15, 0.2) is 0 Å². The van der Waals surface area contributed by atoms with Gasteiger partial charge in [-0.05, 0) is 66.2 Å². The van der Waals surface area contributed by atoms with Crippen molar-refractivity contribution in [3.05, 3.63) is 34.6 Å². The second-order valence-electron chi connectivity index (χ2n) is 7.86. The van der Waals surface area contributed by atoms with Crippen molar-refractivity contribution in [1.82, 2.24) is 0 Å². The topological polar surface area (TPSA) is 69.7 Å². The minimum Gasteiger partial charge on any atom is -0.456 e. The van der Waals surface area contributed by atoms with Crippen molar-refractivity contribution in [2.75, 3.05) is 0 Å². The SMILES string of the molecule is CC(=O)Cc1c(C(=O)OC(C)(C)C)cc(F)cc1C(=O)OC(C)(C)C. The smallest absolute Gasteiger partial charge is 0.339 e. The summed E-state index contributed by atoms with van der Waals surface area (Å²) in [6.45, 7) is 11.3. The number of benzene rings is 1. The second-order valence-corrected chi connectivity index (χ2v) is 7.86. The summed E-state index contributed by atoms with van der Waals surface area (Å²) in [5.41, 5.74) is -1.79. The zero-order chi connectivity index (χ0) is 19.6. The molecule has 0 saturated heterocycles. The van der Waals surface area contributed by atoms with Crippen LogP contribution in [0.15, 0.2) is 12.1 Å². The van der Waals surface area contributed by atoms with Gasteiger partial charge in [0.1, 0.15) is 22.8 Å². The zero-order valence-corrected chi connectivity index (χ0v) is 15.8. The number of halogens is 1. The van der Waals surface area contributed by atoms with Crippen LogP contribution in [0.5, 0.6) is 0 Å². The van der Waals surface area contributed by atoms with Crippen LogP contribution in [0.1, 0.15) is 74.7 Å². The Bertz CT molecular complexity index is 644.